The zero-order valence-electron chi connectivity index (χ0n) is 9.18. The van der Waals surface area contributed by atoms with E-state index in [1.54, 1.807) is 0 Å². The first-order valence-corrected chi connectivity index (χ1v) is 6.60. The maximum atomic E-state index is 13.0. The summed E-state index contributed by atoms with van der Waals surface area (Å²) >= 11 is 4.07. The maximum absolute atomic E-state index is 13.0. The Hall–Kier alpha value is -1.80. The van der Waals surface area contributed by atoms with Crippen molar-refractivity contribution in [3.05, 3.63) is 44.6 Å². The lowest BCUT2D eigenvalue weighted by Crippen LogP contribution is -2.12. The van der Waals surface area contributed by atoms with E-state index in [9.17, 15) is 14.0 Å². The topological polar surface area (TPSA) is 79.3 Å². The summed E-state index contributed by atoms with van der Waals surface area (Å²) in [6.45, 7) is 0. The fraction of sp³-hybridized carbons (Fsp3) is 0. The summed E-state index contributed by atoms with van der Waals surface area (Å²) in [7, 11) is 0. The number of carbonyl (C=O) groups excluding carboxylic acids is 1. The number of halogens is 2. The highest BCUT2D eigenvalue weighted by atomic mass is 79.9. The van der Waals surface area contributed by atoms with Crippen molar-refractivity contribution in [1.82, 2.24) is 4.98 Å². The van der Waals surface area contributed by atoms with E-state index < -0.39 is 17.7 Å². The van der Waals surface area contributed by atoms with Gasteiger partial charge in [-0.25, -0.2) is 14.2 Å². The van der Waals surface area contributed by atoms with Crippen LogP contribution in [0.4, 0.5) is 10.1 Å². The van der Waals surface area contributed by atoms with Gasteiger partial charge in [-0.3, -0.25) is 4.79 Å². The zero-order chi connectivity index (χ0) is 14.0. The molecule has 2 aromatic rings. The van der Waals surface area contributed by atoms with Crippen LogP contribution < -0.4 is 5.32 Å². The molecule has 0 aliphatic rings. The van der Waals surface area contributed by atoms with Crippen LogP contribution in [0.3, 0.4) is 0 Å². The number of aromatic carboxylic acids is 1. The molecule has 0 saturated heterocycles. The number of carboxylic acid groups (broad SMARTS) is 1. The number of nitrogens with one attached hydrogen (secondary N) is 1. The van der Waals surface area contributed by atoms with Crippen LogP contribution in [0.5, 0.6) is 0 Å². The second-order valence-electron chi connectivity index (χ2n) is 3.42. The number of hydrogen-bond donors (Lipinski definition) is 2. The lowest BCUT2D eigenvalue weighted by Gasteiger charge is -2.05. The normalized spacial score (nSPS) is 10.2. The Kier molecular flexibility index (Phi) is 3.91. The molecule has 0 unspecified atom stereocenters. The van der Waals surface area contributed by atoms with E-state index in [4.69, 9.17) is 5.11 Å². The molecule has 0 saturated carbocycles. The van der Waals surface area contributed by atoms with E-state index in [-0.39, 0.29) is 16.4 Å². The molecule has 0 fully saturated rings. The number of rotatable bonds is 3. The number of hydrogen-bond acceptors (Lipinski definition) is 4. The molecule has 2 N–H and O–H groups in total. The molecular weight excluding hydrogens is 339 g/mol. The van der Waals surface area contributed by atoms with Crippen molar-refractivity contribution in [2.24, 2.45) is 0 Å². The predicted octanol–water partition coefficient (Wildman–Crippen LogP) is 3.00. The molecule has 1 heterocycles. The predicted molar refractivity (Wildman–Crippen MR) is 71.1 cm³/mol. The third kappa shape index (κ3) is 3.15. The number of thiazole rings is 1. The zero-order valence-corrected chi connectivity index (χ0v) is 11.6. The minimum atomic E-state index is -1.21. The molecule has 5 nitrogen and oxygen atoms in total. The van der Waals surface area contributed by atoms with E-state index in [0.29, 0.717) is 4.47 Å². The van der Waals surface area contributed by atoms with E-state index in [1.807, 2.05) is 0 Å². The summed E-state index contributed by atoms with van der Waals surface area (Å²) in [5.74, 6) is -2.30. The van der Waals surface area contributed by atoms with Crippen molar-refractivity contribution < 1.29 is 19.1 Å². The van der Waals surface area contributed by atoms with Gasteiger partial charge in [-0.1, -0.05) is 0 Å². The molecule has 0 spiro atoms. The van der Waals surface area contributed by atoms with Crippen LogP contribution in [-0.4, -0.2) is 22.0 Å². The van der Waals surface area contributed by atoms with Crippen LogP contribution in [0.25, 0.3) is 0 Å². The number of amides is 1. The first kappa shape index (κ1) is 13.6. The number of aromatic nitrogens is 1. The molecule has 0 bridgehead atoms. The summed E-state index contributed by atoms with van der Waals surface area (Å²) in [5.41, 5.74) is 0.0468. The third-order valence-electron chi connectivity index (χ3n) is 2.09. The minimum absolute atomic E-state index is 0.00596. The van der Waals surface area contributed by atoms with Crippen molar-refractivity contribution in [1.29, 1.82) is 0 Å². The molecule has 98 valence electrons. The molecule has 19 heavy (non-hydrogen) atoms. The first-order chi connectivity index (χ1) is 8.97. The quantitative estimate of drug-likeness (QED) is 0.896. The van der Waals surface area contributed by atoms with Crippen molar-refractivity contribution >= 4 is 44.8 Å². The van der Waals surface area contributed by atoms with Crippen molar-refractivity contribution in [3.63, 3.8) is 0 Å². The van der Waals surface area contributed by atoms with Crippen LogP contribution in [0.15, 0.2) is 28.1 Å². The Morgan fingerprint density at radius 3 is 2.79 bits per heavy atom. The van der Waals surface area contributed by atoms with Crippen LogP contribution in [0.1, 0.15) is 20.3 Å². The second-order valence-corrected chi connectivity index (χ2v) is 5.13. The molecule has 1 amide bonds. The molecule has 0 radical (unpaired) electrons. The van der Waals surface area contributed by atoms with Crippen molar-refractivity contribution in [2.75, 3.05) is 5.32 Å². The lowest BCUT2D eigenvalue weighted by molar-refractivity contribution is 0.0691. The highest BCUT2D eigenvalue weighted by Crippen LogP contribution is 2.24. The molecule has 2 rings (SSSR count). The van der Waals surface area contributed by atoms with E-state index in [1.165, 1.54) is 17.5 Å². The average Bonchev–Trinajstić information content (AvgIpc) is 2.83. The first-order valence-electron chi connectivity index (χ1n) is 4.92. The van der Waals surface area contributed by atoms with Gasteiger partial charge in [-0.05, 0) is 34.1 Å². The van der Waals surface area contributed by atoms with E-state index in [0.717, 1.165) is 17.4 Å². The molecule has 0 aliphatic carbocycles. The molecule has 1 aromatic heterocycles. The Morgan fingerprint density at radius 2 is 2.16 bits per heavy atom. The Labute approximate surface area is 119 Å². The molecule has 1 aromatic carbocycles. The van der Waals surface area contributed by atoms with Gasteiger partial charge in [0.2, 0.25) is 0 Å². The van der Waals surface area contributed by atoms with Gasteiger partial charge < -0.3 is 10.4 Å². The fourth-order valence-corrected chi connectivity index (χ4v) is 2.28. The Bertz CT molecular complexity index is 659. The van der Waals surface area contributed by atoms with Gasteiger partial charge in [0, 0.05) is 9.85 Å². The number of carboxylic acids is 1. The number of benzene rings is 1. The largest absolute Gasteiger partial charge is 0.476 e. The summed E-state index contributed by atoms with van der Waals surface area (Å²) in [4.78, 5) is 26.1. The van der Waals surface area contributed by atoms with Gasteiger partial charge in [0.25, 0.3) is 5.91 Å². The van der Waals surface area contributed by atoms with Gasteiger partial charge in [-0.15, -0.1) is 11.3 Å². The number of anilines is 1. The lowest BCUT2D eigenvalue weighted by atomic mass is 10.3. The summed E-state index contributed by atoms with van der Waals surface area (Å²) in [6.07, 6.45) is 0. The van der Waals surface area contributed by atoms with Gasteiger partial charge in [0.15, 0.2) is 10.7 Å². The van der Waals surface area contributed by atoms with Crippen LogP contribution in [0, 0.1) is 5.82 Å². The fourth-order valence-electron chi connectivity index (χ4n) is 1.25. The Balaban J connectivity index is 2.20. The molecule has 0 atom stereocenters. The van der Waals surface area contributed by atoms with Gasteiger partial charge in [-0.2, -0.15) is 0 Å². The summed E-state index contributed by atoms with van der Waals surface area (Å²) < 4.78 is 13.6. The molecule has 0 aliphatic heterocycles. The molecule has 8 heteroatoms. The Morgan fingerprint density at radius 1 is 1.42 bits per heavy atom. The monoisotopic (exact) mass is 344 g/mol. The van der Waals surface area contributed by atoms with Crippen LogP contribution in [0.2, 0.25) is 0 Å². The third-order valence-corrected chi connectivity index (χ3v) is 3.63. The smallest absolute Gasteiger partial charge is 0.355 e. The second kappa shape index (κ2) is 5.45. The minimum Gasteiger partial charge on any atom is -0.476 e. The standard InChI is InChI=1S/C11H6BrFN2O3S/c12-6-2-1-5(13)3-7(6)14-9(16)10-15-8(4-19-10)11(17)18/h1-4H,(H,14,16)(H,17,18). The summed E-state index contributed by atoms with van der Waals surface area (Å²) in [6, 6.07) is 3.84. The van der Waals surface area contributed by atoms with Crippen molar-refractivity contribution in [3.8, 4) is 0 Å². The summed E-state index contributed by atoms with van der Waals surface area (Å²) in [5, 5.41) is 12.4. The molecular formula is C11H6BrFN2O3S. The van der Waals surface area contributed by atoms with Gasteiger partial charge >= 0.3 is 5.97 Å². The number of nitrogens with zero attached hydrogens (tertiary/aromatic N) is 1. The van der Waals surface area contributed by atoms with Crippen LogP contribution >= 0.6 is 27.3 Å². The highest BCUT2D eigenvalue weighted by molar-refractivity contribution is 9.10. The highest BCUT2D eigenvalue weighted by Gasteiger charge is 2.15. The van der Waals surface area contributed by atoms with Crippen LogP contribution in [-0.2, 0) is 0 Å². The van der Waals surface area contributed by atoms with Gasteiger partial charge in [0.05, 0.1) is 5.69 Å². The van der Waals surface area contributed by atoms with Gasteiger partial charge in [0.1, 0.15) is 5.82 Å². The SMILES string of the molecule is O=C(O)c1csc(C(=O)Nc2cc(F)ccc2Br)n1. The van der Waals surface area contributed by atoms with E-state index >= 15 is 0 Å². The maximum Gasteiger partial charge on any atom is 0.355 e. The van der Waals surface area contributed by atoms with E-state index in [2.05, 4.69) is 26.2 Å². The number of carbonyl (C=O) groups is 2. The average molecular weight is 345 g/mol. The van der Waals surface area contributed by atoms with Crippen molar-refractivity contribution in [2.45, 2.75) is 0 Å².